The molecule has 2 N–H and O–H groups in total. The van der Waals surface area contributed by atoms with Crippen LogP contribution >= 0.6 is 0 Å². The Bertz CT molecular complexity index is 1060. The van der Waals surface area contributed by atoms with Gasteiger partial charge in [-0.05, 0) is 49.7 Å². The number of nitrogens with one attached hydrogen (secondary N) is 2. The Balaban J connectivity index is 1.52. The largest absolute Gasteiger partial charge is 0.378 e. The van der Waals surface area contributed by atoms with Crippen LogP contribution in [-0.2, 0) is 4.74 Å². The lowest BCUT2D eigenvalue weighted by atomic mass is 10.1. The van der Waals surface area contributed by atoms with Crippen LogP contribution in [-0.4, -0.2) is 37.3 Å². The van der Waals surface area contributed by atoms with Crippen molar-refractivity contribution < 1.29 is 13.9 Å². The number of anilines is 3. The van der Waals surface area contributed by atoms with Gasteiger partial charge in [-0.25, -0.2) is 14.2 Å². The number of rotatable bonds is 3. The molecular weight excluding hydrogens is 371 g/mol. The van der Waals surface area contributed by atoms with Crippen molar-refractivity contribution >= 4 is 34.1 Å². The van der Waals surface area contributed by atoms with Gasteiger partial charge in [-0.2, -0.15) is 0 Å². The number of hydrogen-bond donors (Lipinski definition) is 2. The van der Waals surface area contributed by atoms with Crippen molar-refractivity contribution in [1.82, 2.24) is 4.98 Å². The first-order valence-electron chi connectivity index (χ1n) is 9.58. The van der Waals surface area contributed by atoms with Crippen LogP contribution in [0.15, 0.2) is 42.5 Å². The number of aryl methyl sites for hydroxylation is 2. The number of ether oxygens (including phenoxy) is 1. The smallest absolute Gasteiger partial charge is 0.323 e. The van der Waals surface area contributed by atoms with E-state index in [1.807, 2.05) is 44.2 Å². The Labute approximate surface area is 168 Å². The molecule has 0 spiro atoms. The standard InChI is InChI=1S/C22H23FN4O2/c1-14-3-5-19(15(2)11-14)25-22(28)24-17-12-16-4-6-20(26-21(16)18(23)13-17)27-7-9-29-10-8-27/h3-6,11-13H,7-10H2,1-2H3,(H2,24,25,28). The summed E-state index contributed by atoms with van der Waals surface area (Å²) in [6.45, 7) is 6.67. The first kappa shape index (κ1) is 19.1. The van der Waals surface area contributed by atoms with Crippen LogP contribution < -0.4 is 15.5 Å². The summed E-state index contributed by atoms with van der Waals surface area (Å²) in [4.78, 5) is 18.9. The van der Waals surface area contributed by atoms with Gasteiger partial charge in [0.2, 0.25) is 0 Å². The van der Waals surface area contributed by atoms with Gasteiger partial charge >= 0.3 is 6.03 Å². The van der Waals surface area contributed by atoms with E-state index in [9.17, 15) is 9.18 Å². The third-order valence-electron chi connectivity index (χ3n) is 4.95. The Hall–Kier alpha value is -3.19. The molecule has 1 aliphatic heterocycles. The maximum absolute atomic E-state index is 14.7. The van der Waals surface area contributed by atoms with Gasteiger partial charge in [-0.3, -0.25) is 0 Å². The fourth-order valence-corrected chi connectivity index (χ4v) is 3.46. The molecule has 150 valence electrons. The summed E-state index contributed by atoms with van der Waals surface area (Å²) in [6.07, 6.45) is 0. The average Bonchev–Trinajstić information content (AvgIpc) is 2.70. The van der Waals surface area contributed by atoms with Crippen LogP contribution in [0.4, 0.5) is 26.4 Å². The molecule has 7 heteroatoms. The number of urea groups is 1. The van der Waals surface area contributed by atoms with Crippen LogP contribution in [0.1, 0.15) is 11.1 Å². The molecule has 3 aromatic rings. The van der Waals surface area contributed by atoms with E-state index in [1.54, 1.807) is 6.07 Å². The Morgan fingerprint density at radius 3 is 2.62 bits per heavy atom. The molecule has 2 amide bonds. The van der Waals surface area contributed by atoms with Gasteiger partial charge in [-0.15, -0.1) is 0 Å². The van der Waals surface area contributed by atoms with E-state index in [0.717, 1.165) is 30.0 Å². The zero-order valence-electron chi connectivity index (χ0n) is 16.5. The van der Waals surface area contributed by atoms with Gasteiger partial charge in [0.15, 0.2) is 5.82 Å². The van der Waals surface area contributed by atoms with E-state index < -0.39 is 11.8 Å². The molecular formula is C22H23FN4O2. The Morgan fingerprint density at radius 2 is 1.86 bits per heavy atom. The Kier molecular flexibility index (Phi) is 5.31. The molecule has 29 heavy (non-hydrogen) atoms. The Morgan fingerprint density at radius 1 is 1.07 bits per heavy atom. The number of carbonyl (C=O) groups is 1. The third kappa shape index (κ3) is 4.30. The van der Waals surface area contributed by atoms with E-state index in [1.165, 1.54) is 6.07 Å². The second-order valence-corrected chi connectivity index (χ2v) is 7.20. The summed E-state index contributed by atoms with van der Waals surface area (Å²) in [5, 5.41) is 6.13. The number of fused-ring (bicyclic) bond motifs is 1. The van der Waals surface area contributed by atoms with Crippen LogP contribution in [0.5, 0.6) is 0 Å². The van der Waals surface area contributed by atoms with Crippen molar-refractivity contribution in [2.45, 2.75) is 13.8 Å². The maximum atomic E-state index is 14.7. The fourth-order valence-electron chi connectivity index (χ4n) is 3.46. The minimum atomic E-state index is -0.473. The molecule has 2 aromatic carbocycles. The summed E-state index contributed by atoms with van der Waals surface area (Å²) in [7, 11) is 0. The van der Waals surface area contributed by atoms with Gasteiger partial charge in [0.1, 0.15) is 11.3 Å². The number of nitrogens with zero attached hydrogens (tertiary/aromatic N) is 2. The minimum absolute atomic E-state index is 0.286. The molecule has 4 rings (SSSR count). The summed E-state index contributed by atoms with van der Waals surface area (Å²) < 4.78 is 20.1. The summed E-state index contributed by atoms with van der Waals surface area (Å²) in [6, 6.07) is 12.0. The van der Waals surface area contributed by atoms with Crippen LogP contribution in [0.3, 0.4) is 0 Å². The molecule has 1 fully saturated rings. The molecule has 6 nitrogen and oxygen atoms in total. The van der Waals surface area contributed by atoms with Crippen molar-refractivity contribution in [3.63, 3.8) is 0 Å². The zero-order chi connectivity index (χ0) is 20.4. The van der Waals surface area contributed by atoms with E-state index in [-0.39, 0.29) is 5.52 Å². The SMILES string of the molecule is Cc1ccc(NC(=O)Nc2cc(F)c3nc(N4CCOCC4)ccc3c2)c(C)c1. The van der Waals surface area contributed by atoms with Crippen molar-refractivity contribution in [1.29, 1.82) is 0 Å². The summed E-state index contributed by atoms with van der Waals surface area (Å²) in [5.41, 5.74) is 3.46. The quantitative estimate of drug-likeness (QED) is 0.688. The topological polar surface area (TPSA) is 66.5 Å². The monoisotopic (exact) mass is 394 g/mol. The van der Waals surface area contributed by atoms with Gasteiger partial charge in [0.25, 0.3) is 0 Å². The van der Waals surface area contributed by atoms with E-state index in [4.69, 9.17) is 4.74 Å². The number of pyridine rings is 1. The second kappa shape index (κ2) is 8.05. The number of morpholine rings is 1. The highest BCUT2D eigenvalue weighted by molar-refractivity contribution is 6.01. The lowest BCUT2D eigenvalue weighted by molar-refractivity contribution is 0.122. The number of aromatic nitrogens is 1. The lowest BCUT2D eigenvalue weighted by Gasteiger charge is -2.28. The third-order valence-corrected chi connectivity index (χ3v) is 4.95. The first-order valence-corrected chi connectivity index (χ1v) is 9.58. The second-order valence-electron chi connectivity index (χ2n) is 7.20. The zero-order valence-corrected chi connectivity index (χ0v) is 16.5. The molecule has 0 bridgehead atoms. The number of carbonyl (C=O) groups excluding carboxylic acids is 1. The molecule has 0 saturated carbocycles. The average molecular weight is 394 g/mol. The van der Waals surface area contributed by atoms with Crippen molar-refractivity contribution in [2.75, 3.05) is 41.8 Å². The summed E-state index contributed by atoms with van der Waals surface area (Å²) in [5.74, 6) is 0.257. The summed E-state index contributed by atoms with van der Waals surface area (Å²) >= 11 is 0. The normalized spacial score (nSPS) is 14.1. The molecule has 1 aromatic heterocycles. The van der Waals surface area contributed by atoms with Crippen LogP contribution in [0, 0.1) is 19.7 Å². The number of benzene rings is 2. The van der Waals surface area contributed by atoms with Crippen molar-refractivity contribution in [3.8, 4) is 0 Å². The highest BCUT2D eigenvalue weighted by atomic mass is 19.1. The van der Waals surface area contributed by atoms with E-state index in [2.05, 4.69) is 20.5 Å². The van der Waals surface area contributed by atoms with Crippen molar-refractivity contribution in [3.05, 3.63) is 59.4 Å². The first-order chi connectivity index (χ1) is 14.0. The minimum Gasteiger partial charge on any atom is -0.378 e. The van der Waals surface area contributed by atoms with Gasteiger partial charge in [0.05, 0.1) is 13.2 Å². The predicted octanol–water partition coefficient (Wildman–Crippen LogP) is 4.47. The van der Waals surface area contributed by atoms with E-state index >= 15 is 0 Å². The number of hydrogen-bond acceptors (Lipinski definition) is 4. The van der Waals surface area contributed by atoms with Crippen LogP contribution in [0.25, 0.3) is 10.9 Å². The fraction of sp³-hybridized carbons (Fsp3) is 0.273. The highest BCUT2D eigenvalue weighted by Crippen LogP contribution is 2.25. The van der Waals surface area contributed by atoms with Gasteiger partial charge < -0.3 is 20.3 Å². The lowest BCUT2D eigenvalue weighted by Crippen LogP contribution is -2.36. The van der Waals surface area contributed by atoms with Gasteiger partial charge in [0, 0.05) is 29.9 Å². The molecule has 0 unspecified atom stereocenters. The molecule has 2 heterocycles. The maximum Gasteiger partial charge on any atom is 0.323 e. The van der Waals surface area contributed by atoms with Crippen molar-refractivity contribution in [2.24, 2.45) is 0 Å². The number of amides is 2. The molecule has 1 saturated heterocycles. The molecule has 0 aliphatic carbocycles. The number of halogens is 1. The molecule has 0 radical (unpaired) electrons. The van der Waals surface area contributed by atoms with Crippen LogP contribution in [0.2, 0.25) is 0 Å². The molecule has 0 atom stereocenters. The highest BCUT2D eigenvalue weighted by Gasteiger charge is 2.15. The predicted molar refractivity (Wildman–Crippen MR) is 113 cm³/mol. The van der Waals surface area contributed by atoms with Gasteiger partial charge in [-0.1, -0.05) is 17.7 Å². The molecule has 1 aliphatic rings. The van der Waals surface area contributed by atoms with E-state index in [0.29, 0.717) is 30.0 Å².